The van der Waals surface area contributed by atoms with Gasteiger partial charge in [0.2, 0.25) is 0 Å². The standard InChI is InChI=1S/C17H18F4N2O/c1-10-7-14(11(2)8-22)23-15(12-3-5-13(18)6-4-12)16(10)24-9-17(19,20)21/h3-7,11H,8-9,22H2,1-2H3. The predicted molar refractivity (Wildman–Crippen MR) is 83.4 cm³/mol. The lowest BCUT2D eigenvalue weighted by molar-refractivity contribution is -0.153. The zero-order chi connectivity index (χ0) is 17.9. The second kappa shape index (κ2) is 7.17. The first-order chi connectivity index (χ1) is 11.2. The molecule has 0 spiro atoms. The van der Waals surface area contributed by atoms with Gasteiger partial charge in [0, 0.05) is 23.7 Å². The van der Waals surface area contributed by atoms with Crippen LogP contribution in [-0.2, 0) is 0 Å². The molecular weight excluding hydrogens is 324 g/mol. The second-order valence-corrected chi connectivity index (χ2v) is 5.59. The molecule has 0 saturated heterocycles. The maximum atomic E-state index is 13.1. The Kier molecular flexibility index (Phi) is 5.43. The van der Waals surface area contributed by atoms with Crippen LogP contribution in [0.2, 0.25) is 0 Å². The molecule has 0 saturated carbocycles. The monoisotopic (exact) mass is 342 g/mol. The molecule has 0 amide bonds. The molecule has 1 aromatic heterocycles. The highest BCUT2D eigenvalue weighted by atomic mass is 19.4. The lowest BCUT2D eigenvalue weighted by atomic mass is 10.0. The van der Waals surface area contributed by atoms with Gasteiger partial charge in [0.25, 0.3) is 0 Å². The quantitative estimate of drug-likeness (QED) is 0.829. The molecular formula is C17H18F4N2O. The molecule has 0 radical (unpaired) electrons. The molecule has 2 aromatic rings. The van der Waals surface area contributed by atoms with Crippen LogP contribution in [0, 0.1) is 12.7 Å². The zero-order valence-corrected chi connectivity index (χ0v) is 13.3. The van der Waals surface area contributed by atoms with E-state index in [-0.39, 0.29) is 17.4 Å². The van der Waals surface area contributed by atoms with Crippen molar-refractivity contribution in [2.75, 3.05) is 13.2 Å². The van der Waals surface area contributed by atoms with Crippen molar-refractivity contribution in [3.05, 3.63) is 47.4 Å². The molecule has 7 heteroatoms. The zero-order valence-electron chi connectivity index (χ0n) is 13.3. The SMILES string of the molecule is Cc1cc(C(C)CN)nc(-c2ccc(F)cc2)c1OCC(F)(F)F. The van der Waals surface area contributed by atoms with E-state index in [0.29, 0.717) is 23.4 Å². The lowest BCUT2D eigenvalue weighted by Crippen LogP contribution is -2.20. The third kappa shape index (κ3) is 4.44. The number of pyridine rings is 1. The van der Waals surface area contributed by atoms with Crippen molar-refractivity contribution < 1.29 is 22.3 Å². The first kappa shape index (κ1) is 18.2. The van der Waals surface area contributed by atoms with Crippen LogP contribution >= 0.6 is 0 Å². The Morgan fingerprint density at radius 1 is 1.21 bits per heavy atom. The van der Waals surface area contributed by atoms with Gasteiger partial charge in [-0.3, -0.25) is 0 Å². The Labute approximate surface area is 137 Å². The summed E-state index contributed by atoms with van der Waals surface area (Å²) in [7, 11) is 0. The fraction of sp³-hybridized carbons (Fsp3) is 0.353. The largest absolute Gasteiger partial charge is 0.482 e. The summed E-state index contributed by atoms with van der Waals surface area (Å²) in [4.78, 5) is 4.41. The smallest absolute Gasteiger partial charge is 0.422 e. The molecule has 130 valence electrons. The minimum atomic E-state index is -4.46. The van der Waals surface area contributed by atoms with Crippen molar-refractivity contribution in [2.45, 2.75) is 25.9 Å². The summed E-state index contributed by atoms with van der Waals surface area (Å²) in [5.74, 6) is -0.480. The van der Waals surface area contributed by atoms with Gasteiger partial charge >= 0.3 is 6.18 Å². The van der Waals surface area contributed by atoms with Gasteiger partial charge in [0.05, 0.1) is 0 Å². The molecule has 1 heterocycles. The van der Waals surface area contributed by atoms with Crippen molar-refractivity contribution in [2.24, 2.45) is 5.73 Å². The highest BCUT2D eigenvalue weighted by molar-refractivity contribution is 5.68. The van der Waals surface area contributed by atoms with Crippen molar-refractivity contribution in [1.82, 2.24) is 4.98 Å². The molecule has 0 aliphatic heterocycles. The van der Waals surface area contributed by atoms with E-state index in [0.717, 1.165) is 0 Å². The molecule has 0 fully saturated rings. The summed E-state index contributed by atoms with van der Waals surface area (Å²) in [5.41, 5.74) is 7.53. The van der Waals surface area contributed by atoms with Gasteiger partial charge in [-0.25, -0.2) is 9.37 Å². The first-order valence-corrected chi connectivity index (χ1v) is 7.38. The van der Waals surface area contributed by atoms with Crippen LogP contribution in [0.15, 0.2) is 30.3 Å². The van der Waals surface area contributed by atoms with Gasteiger partial charge in [-0.1, -0.05) is 6.92 Å². The summed E-state index contributed by atoms with van der Waals surface area (Å²) >= 11 is 0. The Bertz CT molecular complexity index is 699. The van der Waals surface area contributed by atoms with Crippen LogP contribution in [-0.4, -0.2) is 24.3 Å². The van der Waals surface area contributed by atoms with E-state index in [1.54, 1.807) is 13.0 Å². The molecule has 1 unspecified atom stereocenters. The molecule has 1 aromatic carbocycles. The number of alkyl halides is 3. The number of aromatic nitrogens is 1. The maximum absolute atomic E-state index is 13.1. The number of benzene rings is 1. The van der Waals surface area contributed by atoms with Crippen molar-refractivity contribution in [3.8, 4) is 17.0 Å². The van der Waals surface area contributed by atoms with Crippen LogP contribution in [0.4, 0.5) is 17.6 Å². The van der Waals surface area contributed by atoms with Gasteiger partial charge in [-0.05, 0) is 42.8 Å². The van der Waals surface area contributed by atoms with Crippen molar-refractivity contribution in [1.29, 1.82) is 0 Å². The van der Waals surface area contributed by atoms with E-state index in [1.165, 1.54) is 24.3 Å². The summed E-state index contributed by atoms with van der Waals surface area (Å²) in [5, 5.41) is 0. The molecule has 3 nitrogen and oxygen atoms in total. The van der Waals surface area contributed by atoms with E-state index in [2.05, 4.69) is 4.98 Å². The molecule has 0 bridgehead atoms. The number of nitrogens with zero attached hydrogens (tertiary/aromatic N) is 1. The predicted octanol–water partition coefficient (Wildman–Crippen LogP) is 4.20. The fourth-order valence-electron chi connectivity index (χ4n) is 2.20. The van der Waals surface area contributed by atoms with E-state index >= 15 is 0 Å². The molecule has 2 N–H and O–H groups in total. The van der Waals surface area contributed by atoms with Crippen LogP contribution in [0.1, 0.15) is 24.1 Å². The lowest BCUT2D eigenvalue weighted by Gasteiger charge is -2.18. The summed E-state index contributed by atoms with van der Waals surface area (Å²) < 4.78 is 55.6. The number of halogens is 4. The number of nitrogens with two attached hydrogens (primary N) is 1. The average Bonchev–Trinajstić information content (AvgIpc) is 2.52. The van der Waals surface area contributed by atoms with Gasteiger partial charge in [0.1, 0.15) is 17.3 Å². The Hall–Kier alpha value is -2.15. The van der Waals surface area contributed by atoms with E-state index < -0.39 is 18.6 Å². The summed E-state index contributed by atoms with van der Waals surface area (Å²) in [6.07, 6.45) is -4.46. The van der Waals surface area contributed by atoms with E-state index in [9.17, 15) is 17.6 Å². The number of hydrogen-bond donors (Lipinski definition) is 1. The molecule has 1 atom stereocenters. The first-order valence-electron chi connectivity index (χ1n) is 7.38. The van der Waals surface area contributed by atoms with Gasteiger partial charge in [-0.15, -0.1) is 0 Å². The maximum Gasteiger partial charge on any atom is 0.422 e. The van der Waals surface area contributed by atoms with Gasteiger partial charge in [0.15, 0.2) is 6.61 Å². The van der Waals surface area contributed by atoms with Gasteiger partial charge < -0.3 is 10.5 Å². The highest BCUT2D eigenvalue weighted by Gasteiger charge is 2.29. The number of hydrogen-bond acceptors (Lipinski definition) is 3. The number of ether oxygens (including phenoxy) is 1. The van der Waals surface area contributed by atoms with E-state index in [1.807, 2.05) is 6.92 Å². The van der Waals surface area contributed by atoms with Crippen molar-refractivity contribution in [3.63, 3.8) is 0 Å². The minimum absolute atomic E-state index is 0.0342. The fourth-order valence-corrected chi connectivity index (χ4v) is 2.20. The highest BCUT2D eigenvalue weighted by Crippen LogP contribution is 2.34. The Morgan fingerprint density at radius 2 is 1.83 bits per heavy atom. The van der Waals surface area contributed by atoms with Crippen LogP contribution in [0.3, 0.4) is 0 Å². The molecule has 0 aliphatic carbocycles. The third-order valence-corrected chi connectivity index (χ3v) is 3.53. The van der Waals surface area contributed by atoms with Crippen LogP contribution < -0.4 is 10.5 Å². The molecule has 2 rings (SSSR count). The van der Waals surface area contributed by atoms with Gasteiger partial charge in [-0.2, -0.15) is 13.2 Å². The van der Waals surface area contributed by atoms with Crippen molar-refractivity contribution >= 4 is 0 Å². The molecule has 24 heavy (non-hydrogen) atoms. The van der Waals surface area contributed by atoms with E-state index in [4.69, 9.17) is 10.5 Å². The Balaban J connectivity index is 2.53. The Morgan fingerprint density at radius 3 is 2.38 bits per heavy atom. The van der Waals surface area contributed by atoms with Crippen LogP contribution in [0.5, 0.6) is 5.75 Å². The minimum Gasteiger partial charge on any atom is -0.482 e. The molecule has 0 aliphatic rings. The second-order valence-electron chi connectivity index (χ2n) is 5.59. The topological polar surface area (TPSA) is 48.1 Å². The number of aryl methyl sites for hydroxylation is 1. The summed E-state index contributed by atoms with van der Waals surface area (Å²) in [6.45, 7) is 2.44. The third-order valence-electron chi connectivity index (χ3n) is 3.53. The average molecular weight is 342 g/mol. The summed E-state index contributed by atoms with van der Waals surface area (Å²) in [6, 6.07) is 7.01. The van der Waals surface area contributed by atoms with Crippen LogP contribution in [0.25, 0.3) is 11.3 Å². The normalized spacial score (nSPS) is 13.0. The number of rotatable bonds is 5.